The molecule has 3 aromatic rings. The van der Waals surface area contributed by atoms with Gasteiger partial charge in [-0.3, -0.25) is 9.59 Å². The van der Waals surface area contributed by atoms with Gasteiger partial charge in [0.2, 0.25) is 11.8 Å². The third-order valence-electron chi connectivity index (χ3n) is 5.30. The van der Waals surface area contributed by atoms with Crippen LogP contribution in [0.3, 0.4) is 0 Å². The van der Waals surface area contributed by atoms with E-state index in [-0.39, 0.29) is 18.2 Å². The first kappa shape index (κ1) is 19.8. The third-order valence-corrected chi connectivity index (χ3v) is 5.30. The van der Waals surface area contributed by atoms with Crippen molar-refractivity contribution >= 4 is 17.5 Å². The van der Waals surface area contributed by atoms with E-state index in [2.05, 4.69) is 0 Å². The van der Waals surface area contributed by atoms with Crippen molar-refractivity contribution in [2.45, 2.75) is 19.5 Å². The van der Waals surface area contributed by atoms with Crippen molar-refractivity contribution in [3.63, 3.8) is 0 Å². The molecule has 1 aliphatic heterocycles. The number of carbonyl (C=O) groups excluding carboxylic acids is 2. The van der Waals surface area contributed by atoms with Crippen molar-refractivity contribution in [2.24, 2.45) is 5.92 Å². The van der Waals surface area contributed by atoms with Gasteiger partial charge in [-0.1, -0.05) is 42.5 Å². The van der Waals surface area contributed by atoms with Crippen LogP contribution in [0.15, 0.2) is 77.4 Å². The summed E-state index contributed by atoms with van der Waals surface area (Å²) in [6.07, 6.45) is 1.78. The van der Waals surface area contributed by atoms with Crippen LogP contribution in [-0.2, 0) is 22.7 Å². The highest BCUT2D eigenvalue weighted by molar-refractivity contribution is 6.01. The summed E-state index contributed by atoms with van der Waals surface area (Å²) in [6.45, 7) is 1.15. The summed E-state index contributed by atoms with van der Waals surface area (Å²) in [7, 11) is 1.58. The number of para-hydroxylation sites is 2. The van der Waals surface area contributed by atoms with Crippen molar-refractivity contribution in [1.82, 2.24) is 4.90 Å². The number of carbonyl (C=O) groups is 2. The molecule has 30 heavy (non-hydrogen) atoms. The van der Waals surface area contributed by atoms with Gasteiger partial charge in [0.05, 0.1) is 31.5 Å². The van der Waals surface area contributed by atoms with Crippen molar-refractivity contribution in [3.05, 3.63) is 84.3 Å². The molecule has 154 valence electrons. The number of hydrogen-bond acceptors (Lipinski definition) is 4. The molecule has 0 N–H and O–H groups in total. The molecular weight excluding hydrogens is 380 g/mol. The Bertz CT molecular complexity index is 1000. The summed E-state index contributed by atoms with van der Waals surface area (Å²) < 4.78 is 10.9. The molecule has 1 fully saturated rings. The normalized spacial score (nSPS) is 16.0. The van der Waals surface area contributed by atoms with Gasteiger partial charge < -0.3 is 19.0 Å². The fourth-order valence-electron chi connectivity index (χ4n) is 3.82. The maximum Gasteiger partial charge on any atom is 0.228 e. The van der Waals surface area contributed by atoms with E-state index in [1.807, 2.05) is 66.7 Å². The average molecular weight is 404 g/mol. The largest absolute Gasteiger partial charge is 0.495 e. The molecule has 6 nitrogen and oxygen atoms in total. The summed E-state index contributed by atoms with van der Waals surface area (Å²) in [5.74, 6) is 0.790. The lowest BCUT2D eigenvalue weighted by atomic mass is 10.1. The topological polar surface area (TPSA) is 63.0 Å². The number of nitrogens with zero attached hydrogens (tertiary/aromatic N) is 2. The zero-order valence-corrected chi connectivity index (χ0v) is 16.9. The van der Waals surface area contributed by atoms with Crippen LogP contribution in [0.1, 0.15) is 17.7 Å². The Hall–Kier alpha value is -3.54. The molecule has 1 atom stereocenters. The quantitative estimate of drug-likeness (QED) is 0.600. The number of hydrogen-bond donors (Lipinski definition) is 0. The maximum atomic E-state index is 13.4. The van der Waals surface area contributed by atoms with Crippen LogP contribution in [0.2, 0.25) is 0 Å². The zero-order chi connectivity index (χ0) is 20.9. The van der Waals surface area contributed by atoms with Gasteiger partial charge in [0, 0.05) is 19.5 Å². The van der Waals surface area contributed by atoms with Crippen LogP contribution in [-0.4, -0.2) is 30.4 Å². The summed E-state index contributed by atoms with van der Waals surface area (Å²) in [4.78, 5) is 29.6. The summed E-state index contributed by atoms with van der Waals surface area (Å²) >= 11 is 0. The molecule has 2 aromatic carbocycles. The van der Waals surface area contributed by atoms with Gasteiger partial charge in [-0.2, -0.15) is 0 Å². The van der Waals surface area contributed by atoms with E-state index in [0.29, 0.717) is 36.8 Å². The standard InChI is InChI=1S/C24H24N2O4/c1-29-22-12-6-5-11-21(22)26-16-19(14-23(26)27)24(28)25(17-20-10-7-13-30-20)15-18-8-3-2-4-9-18/h2-13,19H,14-17H2,1H3. The second-order valence-electron chi connectivity index (χ2n) is 7.34. The fourth-order valence-corrected chi connectivity index (χ4v) is 3.82. The highest BCUT2D eigenvalue weighted by Gasteiger charge is 2.38. The van der Waals surface area contributed by atoms with Gasteiger partial charge in [-0.25, -0.2) is 0 Å². The van der Waals surface area contributed by atoms with E-state index in [1.165, 1.54) is 0 Å². The Morgan fingerprint density at radius 3 is 2.57 bits per heavy atom. The average Bonchev–Trinajstić information content (AvgIpc) is 3.43. The molecule has 4 rings (SSSR count). The Labute approximate surface area is 175 Å². The Morgan fingerprint density at radius 1 is 1.07 bits per heavy atom. The van der Waals surface area contributed by atoms with E-state index in [1.54, 1.807) is 23.2 Å². The van der Waals surface area contributed by atoms with Crippen LogP contribution in [0.25, 0.3) is 0 Å². The highest BCUT2D eigenvalue weighted by atomic mass is 16.5. The van der Waals surface area contributed by atoms with Gasteiger partial charge in [0.25, 0.3) is 0 Å². The number of methoxy groups -OCH3 is 1. The Balaban J connectivity index is 1.54. The number of amides is 2. The van der Waals surface area contributed by atoms with Crippen molar-refractivity contribution in [2.75, 3.05) is 18.6 Å². The van der Waals surface area contributed by atoms with Crippen molar-refractivity contribution in [1.29, 1.82) is 0 Å². The number of rotatable bonds is 7. The molecule has 1 unspecified atom stereocenters. The molecule has 1 aliphatic rings. The summed E-state index contributed by atoms with van der Waals surface area (Å²) in [5, 5.41) is 0. The van der Waals surface area contributed by atoms with Crippen LogP contribution in [0.4, 0.5) is 5.69 Å². The van der Waals surface area contributed by atoms with E-state index in [0.717, 1.165) is 5.56 Å². The lowest BCUT2D eigenvalue weighted by Crippen LogP contribution is -2.36. The predicted molar refractivity (Wildman–Crippen MR) is 113 cm³/mol. The van der Waals surface area contributed by atoms with E-state index in [9.17, 15) is 9.59 Å². The summed E-state index contributed by atoms with van der Waals surface area (Å²) in [6, 6.07) is 20.9. The number of furan rings is 1. The first-order valence-corrected chi connectivity index (χ1v) is 9.94. The SMILES string of the molecule is COc1ccccc1N1CC(C(=O)N(Cc2ccccc2)Cc2ccco2)CC1=O. The molecular formula is C24H24N2O4. The van der Waals surface area contributed by atoms with E-state index >= 15 is 0 Å². The maximum absolute atomic E-state index is 13.4. The number of anilines is 1. The molecule has 6 heteroatoms. The van der Waals surface area contributed by atoms with Gasteiger partial charge >= 0.3 is 0 Å². The number of ether oxygens (including phenoxy) is 1. The minimum Gasteiger partial charge on any atom is -0.495 e. The van der Waals surface area contributed by atoms with Gasteiger partial charge in [-0.15, -0.1) is 0 Å². The fraction of sp³-hybridized carbons (Fsp3) is 0.250. The second kappa shape index (κ2) is 8.86. The summed E-state index contributed by atoms with van der Waals surface area (Å²) in [5.41, 5.74) is 1.73. The predicted octanol–water partition coefficient (Wildman–Crippen LogP) is 3.87. The van der Waals surface area contributed by atoms with Gasteiger partial charge in [0.15, 0.2) is 0 Å². The smallest absolute Gasteiger partial charge is 0.228 e. The van der Waals surface area contributed by atoms with Crippen LogP contribution >= 0.6 is 0 Å². The monoisotopic (exact) mass is 404 g/mol. The van der Waals surface area contributed by atoms with Crippen molar-refractivity contribution in [3.8, 4) is 5.75 Å². The van der Waals surface area contributed by atoms with Gasteiger partial charge in [0.1, 0.15) is 11.5 Å². The first-order chi connectivity index (χ1) is 14.7. The zero-order valence-electron chi connectivity index (χ0n) is 16.9. The van der Waals surface area contributed by atoms with Crippen LogP contribution in [0, 0.1) is 5.92 Å². The molecule has 1 saturated heterocycles. The van der Waals surface area contributed by atoms with E-state index in [4.69, 9.17) is 9.15 Å². The van der Waals surface area contributed by atoms with Gasteiger partial charge in [-0.05, 0) is 29.8 Å². The molecule has 2 heterocycles. The molecule has 0 bridgehead atoms. The molecule has 1 aromatic heterocycles. The minimum absolute atomic E-state index is 0.0546. The third kappa shape index (κ3) is 4.22. The van der Waals surface area contributed by atoms with Crippen LogP contribution in [0.5, 0.6) is 5.75 Å². The molecule has 0 saturated carbocycles. The molecule has 0 spiro atoms. The lowest BCUT2D eigenvalue weighted by molar-refractivity contribution is -0.137. The van der Waals surface area contributed by atoms with E-state index < -0.39 is 5.92 Å². The molecule has 2 amide bonds. The van der Waals surface area contributed by atoms with Crippen LogP contribution < -0.4 is 9.64 Å². The van der Waals surface area contributed by atoms with Crippen molar-refractivity contribution < 1.29 is 18.7 Å². The number of benzene rings is 2. The Kier molecular flexibility index (Phi) is 5.84. The first-order valence-electron chi connectivity index (χ1n) is 9.94. The minimum atomic E-state index is -0.416. The molecule has 0 aliphatic carbocycles. The Morgan fingerprint density at radius 2 is 1.83 bits per heavy atom. The second-order valence-corrected chi connectivity index (χ2v) is 7.34. The lowest BCUT2D eigenvalue weighted by Gasteiger charge is -2.25. The highest BCUT2D eigenvalue weighted by Crippen LogP contribution is 2.33. The molecule has 0 radical (unpaired) electrons.